The Morgan fingerprint density at radius 2 is 1.96 bits per heavy atom. The van der Waals surface area contributed by atoms with E-state index in [0.29, 0.717) is 17.3 Å². The quantitative estimate of drug-likeness (QED) is 0.778. The summed E-state index contributed by atoms with van der Waals surface area (Å²) in [7, 11) is 0. The predicted octanol–water partition coefficient (Wildman–Crippen LogP) is 3.50. The number of aryl methyl sites for hydroxylation is 2. The first-order valence-electron chi connectivity index (χ1n) is 7.29. The van der Waals surface area contributed by atoms with Crippen LogP contribution in [0.1, 0.15) is 31.4 Å². The number of carboxylic acid groups (broad SMARTS) is 1. The predicted molar refractivity (Wildman–Crippen MR) is 95.8 cm³/mol. The van der Waals surface area contributed by atoms with Gasteiger partial charge in [0.05, 0.1) is 23.3 Å². The lowest BCUT2D eigenvalue weighted by Crippen LogP contribution is -2.45. The van der Waals surface area contributed by atoms with Gasteiger partial charge in [-0.1, -0.05) is 24.6 Å². The number of carboxylic acids is 1. The number of nitrogens with one attached hydrogen (secondary N) is 1. The van der Waals surface area contributed by atoms with Gasteiger partial charge < -0.3 is 10.4 Å². The highest BCUT2D eigenvalue weighted by atomic mass is 35.5. The first-order chi connectivity index (χ1) is 10.3. The second-order valence-electron chi connectivity index (χ2n) is 5.47. The van der Waals surface area contributed by atoms with Gasteiger partial charge in [0.15, 0.2) is 0 Å². The lowest BCUT2D eigenvalue weighted by Gasteiger charge is -2.26. The minimum Gasteiger partial charge on any atom is -0.480 e. The van der Waals surface area contributed by atoms with Gasteiger partial charge in [0.1, 0.15) is 0 Å². The third-order valence-electron chi connectivity index (χ3n) is 3.46. The molecule has 1 aromatic carbocycles. The second kappa shape index (κ2) is 9.75. The van der Waals surface area contributed by atoms with Crippen molar-refractivity contribution < 1.29 is 14.7 Å². The molecule has 1 unspecified atom stereocenters. The first kappa shape index (κ1) is 21.7. The molecule has 0 aromatic heterocycles. The van der Waals surface area contributed by atoms with Crippen molar-refractivity contribution in [2.24, 2.45) is 0 Å². The van der Waals surface area contributed by atoms with Gasteiger partial charge >= 0.3 is 5.97 Å². The van der Waals surface area contributed by atoms with Gasteiger partial charge in [-0.2, -0.15) is 0 Å². The summed E-state index contributed by atoms with van der Waals surface area (Å²) in [6.07, 6.45) is 0.773. The average molecular weight is 363 g/mol. The molecule has 0 heterocycles. The number of anilines is 1. The molecule has 7 heteroatoms. The van der Waals surface area contributed by atoms with Gasteiger partial charge in [-0.15, -0.1) is 12.4 Å². The van der Waals surface area contributed by atoms with E-state index in [1.54, 1.807) is 17.9 Å². The zero-order valence-corrected chi connectivity index (χ0v) is 15.4. The van der Waals surface area contributed by atoms with Crippen molar-refractivity contribution in [3.63, 3.8) is 0 Å². The summed E-state index contributed by atoms with van der Waals surface area (Å²) in [6.45, 7) is 7.83. The van der Waals surface area contributed by atoms with Crippen LogP contribution in [0.15, 0.2) is 12.1 Å². The standard InChI is InChI=1S/C16H23ClN2O3.ClH/c1-5-6-19(9-14(20)21)12(4)16(22)18-15-11(3)7-10(2)8-13(15)17;/h7-8,12H,5-6,9H2,1-4H3,(H,18,22)(H,20,21);1H. The largest absolute Gasteiger partial charge is 0.480 e. The highest BCUT2D eigenvalue weighted by molar-refractivity contribution is 6.34. The number of carbonyl (C=O) groups is 2. The second-order valence-corrected chi connectivity index (χ2v) is 5.88. The molecule has 23 heavy (non-hydrogen) atoms. The topological polar surface area (TPSA) is 69.6 Å². The van der Waals surface area contributed by atoms with Crippen LogP contribution in [0.2, 0.25) is 5.02 Å². The number of rotatable bonds is 7. The molecule has 5 nitrogen and oxygen atoms in total. The SMILES string of the molecule is CCCN(CC(=O)O)C(C)C(=O)Nc1c(C)cc(C)cc1Cl.Cl. The lowest BCUT2D eigenvalue weighted by molar-refractivity contribution is -0.139. The van der Waals surface area contributed by atoms with Gasteiger partial charge in [0.2, 0.25) is 5.91 Å². The Labute approximate surface area is 148 Å². The van der Waals surface area contributed by atoms with Crippen LogP contribution in [-0.4, -0.2) is 41.0 Å². The Balaban J connectivity index is 0.00000484. The molecule has 0 radical (unpaired) electrons. The summed E-state index contributed by atoms with van der Waals surface area (Å²) in [6, 6.07) is 3.18. The summed E-state index contributed by atoms with van der Waals surface area (Å²) >= 11 is 6.19. The minimum absolute atomic E-state index is 0. The van der Waals surface area contributed by atoms with E-state index in [1.807, 2.05) is 26.8 Å². The normalized spacial score (nSPS) is 11.7. The number of amides is 1. The highest BCUT2D eigenvalue weighted by Gasteiger charge is 2.23. The monoisotopic (exact) mass is 362 g/mol. The van der Waals surface area contributed by atoms with Crippen molar-refractivity contribution in [1.29, 1.82) is 0 Å². The van der Waals surface area contributed by atoms with Crippen LogP contribution < -0.4 is 5.32 Å². The van der Waals surface area contributed by atoms with Crippen molar-refractivity contribution in [2.75, 3.05) is 18.4 Å². The average Bonchev–Trinajstić information content (AvgIpc) is 2.40. The molecule has 0 bridgehead atoms. The highest BCUT2D eigenvalue weighted by Crippen LogP contribution is 2.27. The number of hydrogen-bond acceptors (Lipinski definition) is 3. The van der Waals surface area contributed by atoms with Gasteiger partial charge in [0, 0.05) is 0 Å². The smallest absolute Gasteiger partial charge is 0.317 e. The number of aliphatic carboxylic acids is 1. The van der Waals surface area contributed by atoms with Gasteiger partial charge in [-0.05, 0) is 50.9 Å². The molecule has 1 aromatic rings. The molecule has 2 N–H and O–H groups in total. The molecular weight excluding hydrogens is 339 g/mol. The molecule has 0 aliphatic heterocycles. The minimum atomic E-state index is -0.947. The molecule has 130 valence electrons. The number of benzene rings is 1. The fraction of sp³-hybridized carbons (Fsp3) is 0.500. The molecular formula is C16H24Cl2N2O3. The molecule has 0 aliphatic rings. The zero-order chi connectivity index (χ0) is 16.9. The van der Waals surface area contributed by atoms with Crippen LogP contribution in [-0.2, 0) is 9.59 Å². The van der Waals surface area contributed by atoms with Crippen molar-refractivity contribution in [3.05, 3.63) is 28.3 Å². The van der Waals surface area contributed by atoms with E-state index < -0.39 is 12.0 Å². The van der Waals surface area contributed by atoms with Gasteiger partial charge in [-0.25, -0.2) is 0 Å². The van der Waals surface area contributed by atoms with Crippen molar-refractivity contribution in [1.82, 2.24) is 4.90 Å². The van der Waals surface area contributed by atoms with E-state index in [9.17, 15) is 9.59 Å². The van der Waals surface area contributed by atoms with Crippen molar-refractivity contribution in [3.8, 4) is 0 Å². The molecule has 0 spiro atoms. The Morgan fingerprint density at radius 3 is 2.43 bits per heavy atom. The maximum atomic E-state index is 12.4. The Morgan fingerprint density at radius 1 is 1.35 bits per heavy atom. The third kappa shape index (κ3) is 6.37. The lowest BCUT2D eigenvalue weighted by atomic mass is 10.1. The summed E-state index contributed by atoms with van der Waals surface area (Å²) in [4.78, 5) is 25.0. The maximum absolute atomic E-state index is 12.4. The Hall–Kier alpha value is -1.30. The molecule has 0 fully saturated rings. The molecule has 0 aliphatic carbocycles. The Kier molecular flexibility index (Phi) is 9.20. The summed E-state index contributed by atoms with van der Waals surface area (Å²) in [5.74, 6) is -1.21. The maximum Gasteiger partial charge on any atom is 0.317 e. The van der Waals surface area contributed by atoms with Crippen LogP contribution in [0.3, 0.4) is 0 Å². The van der Waals surface area contributed by atoms with Crippen LogP contribution in [0, 0.1) is 13.8 Å². The number of hydrogen-bond donors (Lipinski definition) is 2. The fourth-order valence-electron chi connectivity index (χ4n) is 2.34. The fourth-order valence-corrected chi connectivity index (χ4v) is 2.71. The molecule has 1 atom stereocenters. The van der Waals surface area contributed by atoms with Crippen molar-refractivity contribution >= 4 is 41.6 Å². The van der Waals surface area contributed by atoms with Crippen LogP contribution in [0.25, 0.3) is 0 Å². The number of nitrogens with zero attached hydrogens (tertiary/aromatic N) is 1. The molecule has 1 amide bonds. The first-order valence-corrected chi connectivity index (χ1v) is 7.67. The van der Waals surface area contributed by atoms with Crippen LogP contribution in [0.5, 0.6) is 0 Å². The summed E-state index contributed by atoms with van der Waals surface area (Å²) < 4.78 is 0. The molecule has 0 saturated carbocycles. The summed E-state index contributed by atoms with van der Waals surface area (Å²) in [5.41, 5.74) is 2.48. The van der Waals surface area contributed by atoms with E-state index in [4.69, 9.17) is 16.7 Å². The molecule has 0 saturated heterocycles. The van der Waals surface area contributed by atoms with Crippen LogP contribution in [0.4, 0.5) is 5.69 Å². The van der Waals surface area contributed by atoms with Crippen molar-refractivity contribution in [2.45, 2.75) is 40.2 Å². The zero-order valence-electron chi connectivity index (χ0n) is 13.9. The summed E-state index contributed by atoms with van der Waals surface area (Å²) in [5, 5.41) is 12.3. The number of halogens is 2. The van der Waals surface area contributed by atoms with Gasteiger partial charge in [-0.3, -0.25) is 14.5 Å². The molecule has 1 rings (SSSR count). The number of carbonyl (C=O) groups excluding carboxylic acids is 1. The van der Waals surface area contributed by atoms with E-state index in [-0.39, 0.29) is 24.9 Å². The van der Waals surface area contributed by atoms with Crippen LogP contribution >= 0.6 is 24.0 Å². The van der Waals surface area contributed by atoms with E-state index in [0.717, 1.165) is 17.5 Å². The van der Waals surface area contributed by atoms with Gasteiger partial charge in [0.25, 0.3) is 0 Å². The third-order valence-corrected chi connectivity index (χ3v) is 3.75. The van der Waals surface area contributed by atoms with E-state index in [1.165, 1.54) is 0 Å². The Bertz CT molecular complexity index is 541. The van der Waals surface area contributed by atoms with E-state index in [2.05, 4.69) is 5.32 Å². The van der Waals surface area contributed by atoms with E-state index >= 15 is 0 Å².